The molecule has 2 aliphatic heterocycles. The van der Waals surface area contributed by atoms with Crippen molar-refractivity contribution in [3.05, 3.63) is 47.3 Å². The molecule has 1 aromatic carbocycles. The van der Waals surface area contributed by atoms with Crippen molar-refractivity contribution in [1.29, 1.82) is 0 Å². The Morgan fingerprint density at radius 1 is 1.05 bits per heavy atom. The third-order valence-electron chi connectivity index (χ3n) is 6.06. The number of fused-ring (bicyclic) bond motifs is 1. The van der Waals surface area contributed by atoms with Crippen molar-refractivity contribution >= 4 is 23.8 Å². The molecule has 13 heteroatoms. The van der Waals surface area contributed by atoms with E-state index in [2.05, 4.69) is 0 Å². The second-order valence-electron chi connectivity index (χ2n) is 9.51. The van der Waals surface area contributed by atoms with Gasteiger partial charge in [-0.2, -0.15) is 0 Å². The maximum absolute atomic E-state index is 13.8. The lowest BCUT2D eigenvalue weighted by Crippen LogP contribution is -2.47. The highest BCUT2D eigenvalue weighted by Crippen LogP contribution is 2.33. The molecular weight excluding hydrogens is 499 g/mol. The summed E-state index contributed by atoms with van der Waals surface area (Å²) in [7, 11) is 0. The van der Waals surface area contributed by atoms with Crippen LogP contribution in [0.15, 0.2) is 24.3 Å². The number of carboxylic acids is 2. The number of aliphatic hydroxyl groups is 1. The number of aliphatic carboxylic acids is 2. The fraction of sp³-hybridized carbons (Fsp3) is 0.500. The van der Waals surface area contributed by atoms with Crippen molar-refractivity contribution in [3.63, 3.8) is 0 Å². The van der Waals surface area contributed by atoms with Crippen LogP contribution in [0.5, 0.6) is 0 Å². The van der Waals surface area contributed by atoms with E-state index in [1.165, 1.54) is 13.8 Å². The van der Waals surface area contributed by atoms with Crippen LogP contribution in [0.2, 0.25) is 0 Å². The largest absolute Gasteiger partial charge is 0.478 e. The Morgan fingerprint density at radius 2 is 1.62 bits per heavy atom. The van der Waals surface area contributed by atoms with Gasteiger partial charge in [0.15, 0.2) is 11.6 Å². The Balaban J connectivity index is 0.000000521. The molecule has 0 saturated carbocycles. The van der Waals surface area contributed by atoms with E-state index in [0.717, 1.165) is 12.5 Å². The lowest BCUT2D eigenvalue weighted by molar-refractivity contribution is -0.147. The molecule has 0 aliphatic carbocycles. The topological polar surface area (TPSA) is 161 Å². The highest BCUT2D eigenvalue weighted by molar-refractivity contribution is 5.89. The van der Waals surface area contributed by atoms with Gasteiger partial charge in [0, 0.05) is 56.2 Å². The Hall–Kier alpha value is -3.45. The van der Waals surface area contributed by atoms with E-state index in [0.29, 0.717) is 37.9 Å². The number of halogens is 3. The maximum atomic E-state index is 13.8. The van der Waals surface area contributed by atoms with Crippen LogP contribution in [0.25, 0.3) is 0 Å². The summed E-state index contributed by atoms with van der Waals surface area (Å²) in [5.41, 5.74) is 4.43. The normalized spacial score (nSPS) is 19.9. The molecule has 2 aliphatic rings. The molecule has 37 heavy (non-hydrogen) atoms. The van der Waals surface area contributed by atoms with Crippen molar-refractivity contribution in [3.8, 4) is 0 Å². The predicted octanol–water partition coefficient (Wildman–Crippen LogP) is 0.906. The van der Waals surface area contributed by atoms with E-state index in [4.69, 9.17) is 15.9 Å². The van der Waals surface area contributed by atoms with Gasteiger partial charge in [-0.05, 0) is 38.3 Å². The molecule has 3 rings (SSSR count). The first-order chi connectivity index (χ1) is 17.1. The van der Waals surface area contributed by atoms with E-state index in [1.54, 1.807) is 9.80 Å². The minimum Gasteiger partial charge on any atom is -0.478 e. The fourth-order valence-electron chi connectivity index (χ4n) is 4.38. The molecule has 0 unspecified atom stereocenters. The van der Waals surface area contributed by atoms with Crippen LogP contribution in [0, 0.1) is 23.4 Å². The van der Waals surface area contributed by atoms with Crippen LogP contribution in [-0.2, 0) is 25.6 Å². The summed E-state index contributed by atoms with van der Waals surface area (Å²) in [4.78, 5) is 47.4. The zero-order valence-corrected chi connectivity index (χ0v) is 20.4. The Morgan fingerprint density at radius 3 is 2.16 bits per heavy atom. The standard InChI is InChI=1S/C20H26F3N3O3.C4H4O4/c1-20(2,29)19(28)25-9-11-3-4-26(17(11)10-25)18(27)7-13(24)5-12-6-15(22)16(23)8-14(12)21;5-3(6)1-2-4(7)8/h6,8,11,13,17,29H,3-5,7,9-10,24H2,1-2H3;1-2H,(H,5,6)(H,7,8)/b;2-1+/t11-,13+,17+;/m0./s1. The first kappa shape index (κ1) is 29.8. The number of carbonyl (C=O) groups is 4. The number of nitrogens with zero attached hydrogens (tertiary/aromatic N) is 2. The van der Waals surface area contributed by atoms with Crippen LogP contribution in [0.3, 0.4) is 0 Å². The van der Waals surface area contributed by atoms with Crippen LogP contribution in [-0.4, -0.2) is 86.2 Å². The number of carbonyl (C=O) groups excluding carboxylic acids is 2. The number of amides is 2. The van der Waals surface area contributed by atoms with Crippen molar-refractivity contribution < 1.29 is 47.7 Å². The second kappa shape index (κ2) is 12.2. The summed E-state index contributed by atoms with van der Waals surface area (Å²) in [5.74, 6) is -6.29. The minimum atomic E-state index is -1.47. The number of carboxylic acid groups (broad SMARTS) is 2. The fourth-order valence-corrected chi connectivity index (χ4v) is 4.38. The highest BCUT2D eigenvalue weighted by Gasteiger charge is 2.46. The molecule has 204 valence electrons. The number of hydrogen-bond acceptors (Lipinski definition) is 6. The quantitative estimate of drug-likeness (QED) is 0.299. The summed E-state index contributed by atoms with van der Waals surface area (Å²) in [5, 5.41) is 25.6. The van der Waals surface area contributed by atoms with Crippen LogP contribution in [0.4, 0.5) is 13.2 Å². The van der Waals surface area contributed by atoms with E-state index < -0.39 is 41.0 Å². The van der Waals surface area contributed by atoms with Crippen molar-refractivity contribution in [1.82, 2.24) is 9.80 Å². The molecule has 2 saturated heterocycles. The van der Waals surface area contributed by atoms with E-state index in [9.17, 15) is 37.5 Å². The van der Waals surface area contributed by atoms with Gasteiger partial charge in [-0.3, -0.25) is 9.59 Å². The lowest BCUT2D eigenvalue weighted by Gasteiger charge is -2.28. The second-order valence-corrected chi connectivity index (χ2v) is 9.51. The summed E-state index contributed by atoms with van der Waals surface area (Å²) in [6.07, 6.45) is 1.70. The SMILES string of the molecule is CC(C)(O)C(=O)N1C[C@@H]2CCN(C(=O)C[C@H](N)Cc3cc(F)c(F)cc3F)[C@@H]2C1.O=C(O)/C=C/C(=O)O. The summed E-state index contributed by atoms with van der Waals surface area (Å²) in [6, 6.07) is 0.340. The summed E-state index contributed by atoms with van der Waals surface area (Å²) < 4.78 is 40.2. The number of rotatable bonds is 7. The number of benzene rings is 1. The molecule has 1 aromatic rings. The first-order valence-corrected chi connectivity index (χ1v) is 11.4. The molecule has 0 radical (unpaired) electrons. The van der Waals surface area contributed by atoms with Gasteiger partial charge < -0.3 is 30.9 Å². The summed E-state index contributed by atoms with van der Waals surface area (Å²) >= 11 is 0. The Labute approximate surface area is 211 Å². The Bertz CT molecular complexity index is 1060. The number of hydrogen-bond donors (Lipinski definition) is 4. The monoisotopic (exact) mass is 529 g/mol. The van der Waals surface area contributed by atoms with E-state index >= 15 is 0 Å². The third kappa shape index (κ3) is 8.29. The molecular formula is C24H30F3N3O7. The highest BCUT2D eigenvalue weighted by atomic mass is 19.2. The molecule has 0 spiro atoms. The minimum absolute atomic E-state index is 0.0684. The molecule has 2 amide bonds. The molecule has 3 atom stereocenters. The van der Waals surface area contributed by atoms with Crippen LogP contribution >= 0.6 is 0 Å². The average molecular weight is 530 g/mol. The van der Waals surface area contributed by atoms with Gasteiger partial charge in [-0.15, -0.1) is 0 Å². The van der Waals surface area contributed by atoms with Gasteiger partial charge in [-0.1, -0.05) is 0 Å². The lowest BCUT2D eigenvalue weighted by atomic mass is 10.0. The van der Waals surface area contributed by atoms with Gasteiger partial charge in [0.1, 0.15) is 11.4 Å². The first-order valence-electron chi connectivity index (χ1n) is 11.4. The van der Waals surface area contributed by atoms with E-state index in [-0.39, 0.29) is 42.2 Å². The molecule has 2 heterocycles. The maximum Gasteiger partial charge on any atom is 0.328 e. The average Bonchev–Trinajstić information content (AvgIpc) is 3.36. The van der Waals surface area contributed by atoms with E-state index in [1.807, 2.05) is 0 Å². The van der Waals surface area contributed by atoms with Crippen LogP contribution in [0.1, 0.15) is 32.3 Å². The van der Waals surface area contributed by atoms with Crippen LogP contribution < -0.4 is 5.73 Å². The third-order valence-corrected chi connectivity index (χ3v) is 6.06. The van der Waals surface area contributed by atoms with Crippen molar-refractivity contribution in [2.75, 3.05) is 19.6 Å². The van der Waals surface area contributed by atoms with Gasteiger partial charge in [-0.25, -0.2) is 22.8 Å². The molecule has 0 aromatic heterocycles. The van der Waals surface area contributed by atoms with Gasteiger partial charge in [0.2, 0.25) is 5.91 Å². The zero-order valence-electron chi connectivity index (χ0n) is 20.4. The molecule has 10 nitrogen and oxygen atoms in total. The summed E-state index contributed by atoms with van der Waals surface area (Å²) in [6.45, 7) is 4.26. The van der Waals surface area contributed by atoms with Gasteiger partial charge in [0.05, 0.1) is 6.04 Å². The molecule has 0 bridgehead atoms. The smallest absolute Gasteiger partial charge is 0.328 e. The zero-order chi connectivity index (χ0) is 28.1. The van der Waals surface area contributed by atoms with Crippen molar-refractivity contribution in [2.45, 2.75) is 50.8 Å². The van der Waals surface area contributed by atoms with Crippen molar-refractivity contribution in [2.24, 2.45) is 11.7 Å². The molecule has 2 fully saturated rings. The number of nitrogens with two attached hydrogens (primary N) is 1. The Kier molecular flexibility index (Phi) is 9.81. The molecule has 5 N–H and O–H groups in total. The predicted molar refractivity (Wildman–Crippen MR) is 124 cm³/mol. The number of likely N-dealkylation sites (tertiary alicyclic amines) is 2. The van der Waals surface area contributed by atoms with Gasteiger partial charge in [0.25, 0.3) is 5.91 Å². The van der Waals surface area contributed by atoms with Gasteiger partial charge >= 0.3 is 11.9 Å².